The Hall–Kier alpha value is -1.05. The van der Waals surface area contributed by atoms with Crippen molar-refractivity contribution in [2.75, 3.05) is 6.61 Å². The molecule has 3 aliphatic heterocycles. The van der Waals surface area contributed by atoms with Gasteiger partial charge in [0.25, 0.3) is 0 Å². The molecule has 0 aromatic heterocycles. The van der Waals surface area contributed by atoms with Crippen molar-refractivity contribution in [2.45, 2.75) is 49.7 Å². The van der Waals surface area contributed by atoms with E-state index >= 15 is 0 Å². The Morgan fingerprint density at radius 1 is 1.65 bits per heavy atom. The van der Waals surface area contributed by atoms with Crippen LogP contribution in [0, 0.1) is 0 Å². The van der Waals surface area contributed by atoms with Gasteiger partial charge in [0.15, 0.2) is 0 Å². The molecule has 0 saturated carbocycles. The minimum Gasteiger partial charge on any atom is -0.477 e. The summed E-state index contributed by atoms with van der Waals surface area (Å²) in [4.78, 5) is 24.4. The third-order valence-corrected chi connectivity index (χ3v) is 5.74. The molecule has 110 valence electrons. The van der Waals surface area contributed by atoms with Crippen LogP contribution in [0.5, 0.6) is 0 Å². The van der Waals surface area contributed by atoms with E-state index in [1.165, 1.54) is 16.7 Å². The van der Waals surface area contributed by atoms with E-state index in [1.54, 1.807) is 6.92 Å². The summed E-state index contributed by atoms with van der Waals surface area (Å²) in [7, 11) is 0. The first kappa shape index (κ1) is 13.9. The summed E-state index contributed by atoms with van der Waals surface area (Å²) >= 11 is 1.32. The Bertz CT molecular complexity index is 497. The van der Waals surface area contributed by atoms with Crippen LogP contribution in [0.4, 0.5) is 0 Å². The van der Waals surface area contributed by atoms with Crippen molar-refractivity contribution in [3.8, 4) is 0 Å². The highest BCUT2D eigenvalue weighted by atomic mass is 32.2. The zero-order valence-corrected chi connectivity index (χ0v) is 12.0. The van der Waals surface area contributed by atoms with E-state index in [4.69, 9.17) is 4.74 Å². The molecule has 0 aliphatic carbocycles. The molecular weight excluding hydrogens is 282 g/mol. The molecule has 0 aromatic carbocycles. The van der Waals surface area contributed by atoms with Gasteiger partial charge >= 0.3 is 5.97 Å². The third kappa shape index (κ3) is 1.88. The summed E-state index contributed by atoms with van der Waals surface area (Å²) in [5.41, 5.74) is 0.0302. The molecule has 2 N–H and O–H groups in total. The molecule has 3 heterocycles. The molecule has 3 aliphatic rings. The number of ether oxygens (including phenoxy) is 1. The maximum Gasteiger partial charge on any atom is 0.353 e. The fourth-order valence-electron chi connectivity index (χ4n) is 3.06. The van der Waals surface area contributed by atoms with Crippen molar-refractivity contribution < 1.29 is 24.5 Å². The Balaban J connectivity index is 1.90. The van der Waals surface area contributed by atoms with Crippen molar-refractivity contribution >= 4 is 23.6 Å². The van der Waals surface area contributed by atoms with Crippen LogP contribution in [0.2, 0.25) is 0 Å². The Kier molecular flexibility index (Phi) is 3.30. The first-order valence-corrected chi connectivity index (χ1v) is 7.55. The smallest absolute Gasteiger partial charge is 0.353 e. The summed E-state index contributed by atoms with van der Waals surface area (Å²) in [5.74, 6) is -1.35. The van der Waals surface area contributed by atoms with E-state index < -0.39 is 16.9 Å². The molecule has 0 radical (unpaired) electrons. The van der Waals surface area contributed by atoms with Gasteiger partial charge in [-0.15, -0.1) is 0 Å². The molecule has 0 bridgehead atoms. The Morgan fingerprint density at radius 2 is 2.40 bits per heavy atom. The second-order valence-electron chi connectivity index (χ2n) is 5.44. The average molecular weight is 299 g/mol. The lowest BCUT2D eigenvalue weighted by Crippen LogP contribution is -2.64. The number of aliphatic hydroxyl groups is 1. The molecule has 2 fully saturated rings. The number of aliphatic hydroxyl groups excluding tert-OH is 1. The maximum absolute atomic E-state index is 11.8. The number of β-lactam (4-membered cyclic amide) rings is 1. The lowest BCUT2D eigenvalue weighted by atomic mass is 9.94. The number of carboxylic acids is 1. The van der Waals surface area contributed by atoms with E-state index in [9.17, 15) is 19.8 Å². The standard InChI is InChI=1S/C13H17NO5S/c1-7(15)13-6-10(16)14(13)11(12(17)18)9(20-13)5-8-3-2-4-19-8/h7-8,15H,2-6H2,1H3,(H,17,18)/t7?,8?,13-/m0/s1. The number of amides is 1. The first-order chi connectivity index (χ1) is 9.45. The van der Waals surface area contributed by atoms with Crippen LogP contribution in [-0.2, 0) is 14.3 Å². The van der Waals surface area contributed by atoms with E-state index in [2.05, 4.69) is 0 Å². The van der Waals surface area contributed by atoms with Gasteiger partial charge in [-0.1, -0.05) is 11.8 Å². The number of hydrogen-bond donors (Lipinski definition) is 2. The quantitative estimate of drug-likeness (QED) is 0.750. The number of rotatable bonds is 4. The Labute approximate surface area is 120 Å². The lowest BCUT2D eigenvalue weighted by molar-refractivity contribution is -0.155. The van der Waals surface area contributed by atoms with Crippen LogP contribution < -0.4 is 0 Å². The fourth-order valence-corrected chi connectivity index (χ4v) is 4.68. The third-order valence-electron chi connectivity index (χ3n) is 4.11. The monoisotopic (exact) mass is 299 g/mol. The predicted octanol–water partition coefficient (Wildman–Crippen LogP) is 0.908. The molecular formula is C13H17NO5S. The number of thioether (sulfide) groups is 1. The van der Waals surface area contributed by atoms with Crippen LogP contribution >= 0.6 is 11.8 Å². The molecule has 6 nitrogen and oxygen atoms in total. The minimum atomic E-state index is -1.11. The van der Waals surface area contributed by atoms with Crippen LogP contribution in [0.25, 0.3) is 0 Å². The van der Waals surface area contributed by atoms with Gasteiger partial charge < -0.3 is 14.9 Å². The highest BCUT2D eigenvalue weighted by Gasteiger charge is 2.62. The second kappa shape index (κ2) is 4.75. The molecule has 20 heavy (non-hydrogen) atoms. The van der Waals surface area contributed by atoms with E-state index in [0.29, 0.717) is 17.9 Å². The Morgan fingerprint density at radius 3 is 2.90 bits per heavy atom. The summed E-state index contributed by atoms with van der Waals surface area (Å²) in [6.45, 7) is 2.30. The van der Waals surface area contributed by atoms with Gasteiger partial charge in [0.2, 0.25) is 5.91 Å². The number of carbonyl (C=O) groups is 2. The first-order valence-electron chi connectivity index (χ1n) is 6.74. The average Bonchev–Trinajstić information content (AvgIpc) is 2.93. The van der Waals surface area contributed by atoms with Crippen molar-refractivity contribution in [3.05, 3.63) is 10.6 Å². The van der Waals surface area contributed by atoms with Crippen molar-refractivity contribution in [1.29, 1.82) is 0 Å². The summed E-state index contributed by atoms with van der Waals surface area (Å²) < 4.78 is 5.55. The van der Waals surface area contributed by atoms with Gasteiger partial charge in [-0.25, -0.2) is 4.79 Å². The van der Waals surface area contributed by atoms with Crippen molar-refractivity contribution in [1.82, 2.24) is 4.90 Å². The van der Waals surface area contributed by atoms with Gasteiger partial charge in [-0.2, -0.15) is 0 Å². The predicted molar refractivity (Wildman–Crippen MR) is 71.7 cm³/mol. The molecule has 3 rings (SSSR count). The number of aliphatic carboxylic acids is 1. The fraction of sp³-hybridized carbons (Fsp3) is 0.692. The zero-order chi connectivity index (χ0) is 14.5. The molecule has 2 saturated heterocycles. The summed E-state index contributed by atoms with van der Waals surface area (Å²) in [6, 6.07) is 0. The van der Waals surface area contributed by atoms with E-state index in [1.807, 2.05) is 0 Å². The normalized spacial score (nSPS) is 34.2. The van der Waals surface area contributed by atoms with E-state index in [0.717, 1.165) is 12.8 Å². The van der Waals surface area contributed by atoms with Crippen LogP contribution in [0.1, 0.15) is 32.6 Å². The molecule has 7 heteroatoms. The van der Waals surface area contributed by atoms with E-state index in [-0.39, 0.29) is 24.1 Å². The van der Waals surface area contributed by atoms with Crippen molar-refractivity contribution in [2.24, 2.45) is 0 Å². The molecule has 2 unspecified atom stereocenters. The molecule has 1 amide bonds. The SMILES string of the molecule is CC(O)[C@@]12CC(=O)N1C(C(=O)O)=C(CC1CCCO1)S2. The molecule has 0 aromatic rings. The van der Waals surface area contributed by atoms with Gasteiger partial charge in [-0.3, -0.25) is 9.69 Å². The van der Waals surface area contributed by atoms with Crippen LogP contribution in [-0.4, -0.2) is 50.7 Å². The lowest BCUT2D eigenvalue weighted by Gasteiger charge is -2.48. The van der Waals surface area contributed by atoms with Gasteiger partial charge in [0, 0.05) is 17.9 Å². The topological polar surface area (TPSA) is 87.1 Å². The molecule has 3 atom stereocenters. The summed E-state index contributed by atoms with van der Waals surface area (Å²) in [5, 5.41) is 19.4. The zero-order valence-electron chi connectivity index (χ0n) is 11.2. The van der Waals surface area contributed by atoms with Crippen LogP contribution in [0.15, 0.2) is 10.6 Å². The maximum atomic E-state index is 11.8. The number of carboxylic acid groups (broad SMARTS) is 1. The van der Waals surface area contributed by atoms with Gasteiger partial charge in [-0.05, 0) is 19.8 Å². The number of fused-ring (bicyclic) bond motifs is 1. The highest BCUT2D eigenvalue weighted by Crippen LogP contribution is 2.57. The number of carbonyl (C=O) groups excluding carboxylic acids is 1. The van der Waals surface area contributed by atoms with Gasteiger partial charge in [0.1, 0.15) is 10.6 Å². The number of nitrogens with zero attached hydrogens (tertiary/aromatic N) is 1. The van der Waals surface area contributed by atoms with Crippen LogP contribution in [0.3, 0.4) is 0 Å². The van der Waals surface area contributed by atoms with Crippen molar-refractivity contribution in [3.63, 3.8) is 0 Å². The van der Waals surface area contributed by atoms with Gasteiger partial charge in [0.05, 0.1) is 18.6 Å². The largest absolute Gasteiger partial charge is 0.477 e. The number of hydrogen-bond acceptors (Lipinski definition) is 5. The minimum absolute atomic E-state index is 0.0201. The molecule has 0 spiro atoms. The highest BCUT2D eigenvalue weighted by molar-refractivity contribution is 8.04. The second-order valence-corrected chi connectivity index (χ2v) is 6.85. The summed E-state index contributed by atoms with van der Waals surface area (Å²) in [6.07, 6.45) is 1.82.